The number of halogens is 1. The lowest BCUT2D eigenvalue weighted by molar-refractivity contribution is -0.141. The average Bonchev–Trinajstić information content (AvgIpc) is 2.98. The molecule has 1 aromatic carbocycles. The summed E-state index contributed by atoms with van der Waals surface area (Å²) in [5.74, 6) is -1.30. The molecule has 1 saturated carbocycles. The number of alkyl halides is 1. The summed E-state index contributed by atoms with van der Waals surface area (Å²) in [4.78, 5) is 10.8. The van der Waals surface area contributed by atoms with Crippen LogP contribution in [0.15, 0.2) is 24.3 Å². The van der Waals surface area contributed by atoms with Gasteiger partial charge in [-0.1, -0.05) is 31.2 Å². The Balaban J connectivity index is 2.23. The second-order valence-corrected chi connectivity index (χ2v) is 4.57. The van der Waals surface area contributed by atoms with E-state index in [1.54, 1.807) is 13.0 Å². The van der Waals surface area contributed by atoms with Gasteiger partial charge in [0.05, 0.1) is 5.92 Å². The molecule has 86 valence electrons. The molecule has 2 nitrogen and oxygen atoms in total. The molecule has 1 fully saturated rings. The number of carbonyl (C=O) groups is 1. The van der Waals surface area contributed by atoms with Crippen molar-refractivity contribution in [3.8, 4) is 0 Å². The molecule has 0 heterocycles. The van der Waals surface area contributed by atoms with Crippen LogP contribution in [-0.2, 0) is 16.9 Å². The summed E-state index contributed by atoms with van der Waals surface area (Å²) in [5.41, 5.74) is 0.329. The number of carboxylic acids is 1. The fourth-order valence-electron chi connectivity index (χ4n) is 1.93. The fraction of sp³-hybridized carbons (Fsp3) is 0.462. The number of hydrogen-bond acceptors (Lipinski definition) is 1. The van der Waals surface area contributed by atoms with Gasteiger partial charge in [-0.3, -0.25) is 4.79 Å². The van der Waals surface area contributed by atoms with Crippen molar-refractivity contribution in [2.45, 2.75) is 31.9 Å². The second kappa shape index (κ2) is 3.89. The van der Waals surface area contributed by atoms with Crippen molar-refractivity contribution in [2.24, 2.45) is 5.92 Å². The number of carboxylic acid groups (broad SMARTS) is 1. The molecule has 0 aromatic heterocycles. The summed E-state index contributed by atoms with van der Waals surface area (Å²) in [6.45, 7) is 1.65. The first kappa shape index (κ1) is 11.1. The fourth-order valence-corrected chi connectivity index (χ4v) is 1.93. The van der Waals surface area contributed by atoms with Gasteiger partial charge in [-0.2, -0.15) is 0 Å². The van der Waals surface area contributed by atoms with Gasteiger partial charge in [-0.25, -0.2) is 4.39 Å². The van der Waals surface area contributed by atoms with E-state index < -0.39 is 17.6 Å². The van der Waals surface area contributed by atoms with Crippen LogP contribution in [0.2, 0.25) is 0 Å². The molecule has 1 aliphatic rings. The highest BCUT2D eigenvalue weighted by Gasteiger charge is 2.46. The number of rotatable bonds is 4. The van der Waals surface area contributed by atoms with E-state index in [0.717, 1.165) is 5.56 Å². The first-order chi connectivity index (χ1) is 7.53. The van der Waals surface area contributed by atoms with Crippen LogP contribution in [-0.4, -0.2) is 11.1 Å². The van der Waals surface area contributed by atoms with Crippen molar-refractivity contribution in [3.05, 3.63) is 35.4 Å². The summed E-state index contributed by atoms with van der Waals surface area (Å²) in [6, 6.07) is 7.24. The van der Waals surface area contributed by atoms with Crippen LogP contribution in [0, 0.1) is 5.92 Å². The highest BCUT2D eigenvalue weighted by molar-refractivity contribution is 5.70. The van der Waals surface area contributed by atoms with Crippen molar-refractivity contribution in [1.82, 2.24) is 0 Å². The van der Waals surface area contributed by atoms with Crippen LogP contribution in [0.1, 0.15) is 30.9 Å². The minimum atomic E-state index is -1.19. The van der Waals surface area contributed by atoms with E-state index in [1.165, 1.54) is 0 Å². The quantitative estimate of drug-likeness (QED) is 0.850. The van der Waals surface area contributed by atoms with Crippen molar-refractivity contribution >= 4 is 5.97 Å². The van der Waals surface area contributed by atoms with E-state index in [0.29, 0.717) is 24.8 Å². The van der Waals surface area contributed by atoms with E-state index in [2.05, 4.69) is 0 Å². The summed E-state index contributed by atoms with van der Waals surface area (Å²) in [6.07, 6.45) is 1.52. The predicted octanol–water partition coefficient (Wildman–Crippen LogP) is 2.91. The highest BCUT2D eigenvalue weighted by Crippen LogP contribution is 2.50. The maximum absolute atomic E-state index is 14.0. The van der Waals surface area contributed by atoms with Crippen molar-refractivity contribution in [2.75, 3.05) is 0 Å². The molecule has 1 N–H and O–H groups in total. The molecular formula is C13H15FO2. The molecule has 0 bridgehead atoms. The topological polar surface area (TPSA) is 37.3 Å². The zero-order valence-corrected chi connectivity index (χ0v) is 9.24. The number of aliphatic carboxylic acids is 1. The van der Waals surface area contributed by atoms with Gasteiger partial charge in [0, 0.05) is 0 Å². The van der Waals surface area contributed by atoms with E-state index in [1.807, 2.05) is 18.2 Å². The number of benzene rings is 1. The molecule has 1 aromatic rings. The minimum absolute atomic E-state index is 0.400. The Morgan fingerprint density at radius 3 is 2.69 bits per heavy atom. The van der Waals surface area contributed by atoms with Gasteiger partial charge in [0.2, 0.25) is 0 Å². The Bertz CT molecular complexity index is 410. The molecule has 0 spiro atoms. The molecule has 0 amide bonds. The van der Waals surface area contributed by atoms with Gasteiger partial charge < -0.3 is 5.11 Å². The van der Waals surface area contributed by atoms with Crippen LogP contribution in [0.4, 0.5) is 4.39 Å². The first-order valence-corrected chi connectivity index (χ1v) is 5.53. The third-order valence-corrected chi connectivity index (χ3v) is 3.14. The van der Waals surface area contributed by atoms with Crippen LogP contribution in [0.5, 0.6) is 0 Å². The van der Waals surface area contributed by atoms with Crippen LogP contribution >= 0.6 is 0 Å². The molecule has 2 rings (SSSR count). The van der Waals surface area contributed by atoms with Gasteiger partial charge in [-0.15, -0.1) is 0 Å². The predicted molar refractivity (Wildman–Crippen MR) is 59.0 cm³/mol. The van der Waals surface area contributed by atoms with E-state index in [4.69, 9.17) is 5.11 Å². The van der Waals surface area contributed by atoms with Crippen LogP contribution in [0.3, 0.4) is 0 Å². The Morgan fingerprint density at radius 2 is 2.12 bits per heavy atom. The highest BCUT2D eigenvalue weighted by atomic mass is 19.1. The van der Waals surface area contributed by atoms with Gasteiger partial charge in [0.15, 0.2) is 0 Å². The van der Waals surface area contributed by atoms with Crippen LogP contribution in [0.25, 0.3) is 0 Å². The van der Waals surface area contributed by atoms with E-state index >= 15 is 0 Å². The van der Waals surface area contributed by atoms with Gasteiger partial charge in [-0.05, 0) is 30.4 Å². The first-order valence-electron chi connectivity index (χ1n) is 5.53. The number of hydrogen-bond donors (Lipinski definition) is 1. The summed E-state index contributed by atoms with van der Waals surface area (Å²) in [7, 11) is 0. The lowest BCUT2D eigenvalue weighted by Gasteiger charge is -2.14. The molecule has 16 heavy (non-hydrogen) atoms. The van der Waals surface area contributed by atoms with E-state index in [-0.39, 0.29) is 0 Å². The largest absolute Gasteiger partial charge is 0.481 e. The third-order valence-electron chi connectivity index (χ3n) is 3.14. The molecular weight excluding hydrogens is 207 g/mol. The van der Waals surface area contributed by atoms with Gasteiger partial charge in [0.1, 0.15) is 5.67 Å². The standard InChI is InChI=1S/C13H15FO2/c1-9(12(15)16)8-10-4-2-3-5-11(10)13(14)6-7-13/h2-5,9H,6-8H2,1H3,(H,15,16). The average molecular weight is 222 g/mol. The Labute approximate surface area is 94.1 Å². The maximum Gasteiger partial charge on any atom is 0.306 e. The molecule has 0 radical (unpaired) electrons. The van der Waals surface area contributed by atoms with Crippen molar-refractivity contribution < 1.29 is 14.3 Å². The zero-order valence-electron chi connectivity index (χ0n) is 9.24. The summed E-state index contributed by atoms with van der Waals surface area (Å²) >= 11 is 0. The minimum Gasteiger partial charge on any atom is -0.481 e. The normalized spacial score (nSPS) is 19.1. The zero-order chi connectivity index (χ0) is 11.8. The molecule has 0 saturated heterocycles. The van der Waals surface area contributed by atoms with E-state index in [9.17, 15) is 9.18 Å². The van der Waals surface area contributed by atoms with Crippen molar-refractivity contribution in [1.29, 1.82) is 0 Å². The Kier molecular flexibility index (Phi) is 2.70. The molecule has 1 unspecified atom stereocenters. The SMILES string of the molecule is CC(Cc1ccccc1C1(F)CC1)C(=O)O. The lowest BCUT2D eigenvalue weighted by atomic mass is 9.94. The summed E-state index contributed by atoms with van der Waals surface area (Å²) in [5, 5.41) is 8.86. The second-order valence-electron chi connectivity index (χ2n) is 4.57. The summed E-state index contributed by atoms with van der Waals surface area (Å²) < 4.78 is 14.0. The van der Waals surface area contributed by atoms with Crippen LogP contribution < -0.4 is 0 Å². The maximum atomic E-state index is 14.0. The van der Waals surface area contributed by atoms with Crippen molar-refractivity contribution in [3.63, 3.8) is 0 Å². The Hall–Kier alpha value is -1.38. The third kappa shape index (κ3) is 2.08. The monoisotopic (exact) mass is 222 g/mol. The lowest BCUT2D eigenvalue weighted by Crippen LogP contribution is -2.14. The molecule has 3 heteroatoms. The van der Waals surface area contributed by atoms with Gasteiger partial charge in [0.25, 0.3) is 0 Å². The molecule has 0 aliphatic heterocycles. The smallest absolute Gasteiger partial charge is 0.306 e. The molecule has 1 aliphatic carbocycles. The Morgan fingerprint density at radius 1 is 1.50 bits per heavy atom. The van der Waals surface area contributed by atoms with Gasteiger partial charge >= 0.3 is 5.97 Å². The molecule has 1 atom stereocenters.